The Morgan fingerprint density at radius 1 is 0.750 bits per heavy atom. The van der Waals surface area contributed by atoms with E-state index in [1.807, 2.05) is 0 Å². The highest BCUT2D eigenvalue weighted by molar-refractivity contribution is 9.09. The van der Waals surface area contributed by atoms with Crippen molar-refractivity contribution in [2.45, 2.75) is 51.9 Å². The second kappa shape index (κ2) is 14.7. The van der Waals surface area contributed by atoms with E-state index in [4.69, 9.17) is 0 Å². The van der Waals surface area contributed by atoms with E-state index in [2.05, 4.69) is 59.3 Å². The minimum atomic E-state index is 1.06. The summed E-state index contributed by atoms with van der Waals surface area (Å²) >= 11 is 3.40. The fraction of sp³-hybridized carbons (Fsp3) is 0.600. The van der Waals surface area contributed by atoms with Crippen LogP contribution in [0.1, 0.15) is 51.9 Å². The van der Waals surface area contributed by atoms with Gasteiger partial charge in [-0.1, -0.05) is 72.2 Å². The summed E-state index contributed by atoms with van der Waals surface area (Å²) in [5, 5.41) is 1.06. The molecule has 0 aromatic heterocycles. The fourth-order valence-electron chi connectivity index (χ4n) is 1.35. The van der Waals surface area contributed by atoms with E-state index in [0.717, 1.165) is 24.6 Å². The molecule has 0 unspecified atom stereocenters. The summed E-state index contributed by atoms with van der Waals surface area (Å²) in [6.07, 6.45) is 22.0. The first kappa shape index (κ1) is 15.7. The maximum atomic E-state index is 3.40. The Morgan fingerprint density at radius 2 is 1.31 bits per heavy atom. The Balaban J connectivity index is 3.26. The molecule has 0 aliphatic carbocycles. The van der Waals surface area contributed by atoms with Crippen LogP contribution < -0.4 is 0 Å². The average molecular weight is 285 g/mol. The zero-order chi connectivity index (χ0) is 11.9. The van der Waals surface area contributed by atoms with Crippen molar-refractivity contribution in [3.05, 3.63) is 36.5 Å². The highest BCUT2D eigenvalue weighted by Gasteiger charge is 1.80. The normalized spacial score (nSPS) is 12.4. The number of rotatable bonds is 10. The highest BCUT2D eigenvalue weighted by Crippen LogP contribution is 2.00. The third-order valence-corrected chi connectivity index (χ3v) is 2.75. The Kier molecular flexibility index (Phi) is 14.4. The van der Waals surface area contributed by atoms with Crippen molar-refractivity contribution in [3.8, 4) is 0 Å². The molecule has 0 heterocycles. The summed E-state index contributed by atoms with van der Waals surface area (Å²) in [5.74, 6) is 0. The molecule has 0 saturated carbocycles. The second-order valence-electron chi connectivity index (χ2n) is 3.86. The summed E-state index contributed by atoms with van der Waals surface area (Å²) in [6.45, 7) is 2.25. The van der Waals surface area contributed by atoms with Crippen LogP contribution in [0.15, 0.2) is 36.5 Å². The van der Waals surface area contributed by atoms with Gasteiger partial charge in [0.15, 0.2) is 0 Å². The Morgan fingerprint density at radius 3 is 1.88 bits per heavy atom. The first-order valence-electron chi connectivity index (χ1n) is 6.42. The van der Waals surface area contributed by atoms with Gasteiger partial charge < -0.3 is 0 Å². The third-order valence-electron chi connectivity index (χ3n) is 2.29. The van der Waals surface area contributed by atoms with Crippen LogP contribution in [-0.2, 0) is 0 Å². The lowest BCUT2D eigenvalue weighted by atomic mass is 10.2. The first-order valence-corrected chi connectivity index (χ1v) is 7.55. The van der Waals surface area contributed by atoms with Crippen LogP contribution in [-0.4, -0.2) is 5.33 Å². The zero-order valence-electron chi connectivity index (χ0n) is 10.5. The van der Waals surface area contributed by atoms with Gasteiger partial charge in [-0.3, -0.25) is 0 Å². The molecular formula is C15H25Br. The van der Waals surface area contributed by atoms with Gasteiger partial charge in [0, 0.05) is 5.33 Å². The molecule has 1 heteroatoms. The molecule has 0 aliphatic heterocycles. The monoisotopic (exact) mass is 284 g/mol. The van der Waals surface area contributed by atoms with E-state index in [0.29, 0.717) is 0 Å². The average Bonchev–Trinajstić information content (AvgIpc) is 2.31. The van der Waals surface area contributed by atoms with Gasteiger partial charge in [0.05, 0.1) is 0 Å². The molecule has 0 amide bonds. The molecule has 0 spiro atoms. The topological polar surface area (TPSA) is 0 Å². The third kappa shape index (κ3) is 13.7. The predicted octanol–water partition coefficient (Wildman–Crippen LogP) is 5.80. The number of hydrogen-bond acceptors (Lipinski definition) is 0. The first-order chi connectivity index (χ1) is 7.91. The molecule has 0 fully saturated rings. The lowest BCUT2D eigenvalue weighted by molar-refractivity contribution is 0.728. The van der Waals surface area contributed by atoms with Gasteiger partial charge in [-0.2, -0.15) is 0 Å². The molecule has 0 radical (unpaired) electrons. The Labute approximate surface area is 110 Å². The van der Waals surface area contributed by atoms with Gasteiger partial charge in [0.25, 0.3) is 0 Å². The van der Waals surface area contributed by atoms with Gasteiger partial charge in [-0.25, -0.2) is 0 Å². The number of halogens is 1. The summed E-state index contributed by atoms with van der Waals surface area (Å²) < 4.78 is 0. The van der Waals surface area contributed by atoms with E-state index in [9.17, 15) is 0 Å². The molecule has 0 aliphatic rings. The number of alkyl halides is 1. The van der Waals surface area contributed by atoms with Crippen molar-refractivity contribution < 1.29 is 0 Å². The molecule has 0 bridgehead atoms. The van der Waals surface area contributed by atoms with Crippen molar-refractivity contribution in [1.82, 2.24) is 0 Å². The molecule has 0 atom stereocenters. The predicted molar refractivity (Wildman–Crippen MR) is 79.2 cm³/mol. The lowest BCUT2D eigenvalue weighted by Crippen LogP contribution is -1.70. The highest BCUT2D eigenvalue weighted by atomic mass is 79.9. The Bertz CT molecular complexity index is 201. The number of unbranched alkanes of at least 4 members (excludes halogenated alkanes) is 3. The summed E-state index contributed by atoms with van der Waals surface area (Å²) in [7, 11) is 0. The lowest BCUT2D eigenvalue weighted by Gasteiger charge is -1.90. The zero-order valence-corrected chi connectivity index (χ0v) is 12.1. The minimum Gasteiger partial charge on any atom is -0.0925 e. The van der Waals surface area contributed by atoms with E-state index in [1.54, 1.807) is 0 Å². The van der Waals surface area contributed by atoms with Crippen molar-refractivity contribution >= 4 is 15.9 Å². The van der Waals surface area contributed by atoms with Crippen LogP contribution in [0.2, 0.25) is 0 Å². The van der Waals surface area contributed by atoms with Crippen LogP contribution in [0.25, 0.3) is 0 Å². The molecule has 92 valence electrons. The maximum absolute atomic E-state index is 3.40. The van der Waals surface area contributed by atoms with Crippen molar-refractivity contribution in [1.29, 1.82) is 0 Å². The van der Waals surface area contributed by atoms with Crippen molar-refractivity contribution in [2.75, 3.05) is 5.33 Å². The van der Waals surface area contributed by atoms with E-state index in [1.165, 1.54) is 25.7 Å². The summed E-state index contributed by atoms with van der Waals surface area (Å²) in [6, 6.07) is 0. The van der Waals surface area contributed by atoms with Gasteiger partial charge in [-0.15, -0.1) is 0 Å². The van der Waals surface area contributed by atoms with Gasteiger partial charge in [-0.05, 0) is 32.1 Å². The van der Waals surface area contributed by atoms with Crippen LogP contribution in [0.5, 0.6) is 0 Å². The SMILES string of the molecule is CCCCCC=CCC=CCC=CCCBr. The summed E-state index contributed by atoms with van der Waals surface area (Å²) in [5.41, 5.74) is 0. The molecule has 0 saturated heterocycles. The van der Waals surface area contributed by atoms with Crippen LogP contribution >= 0.6 is 15.9 Å². The Hall–Kier alpha value is -0.300. The molecule has 0 rings (SSSR count). The molecule has 16 heavy (non-hydrogen) atoms. The molecular weight excluding hydrogens is 260 g/mol. The second-order valence-corrected chi connectivity index (χ2v) is 4.65. The standard InChI is InChI=1S/C15H25Br/c1-2-3-4-5-6-7-8-9-10-11-12-13-14-15-16/h6-7,9-10,12-13H,2-5,8,11,14-15H2,1H3. The summed E-state index contributed by atoms with van der Waals surface area (Å²) in [4.78, 5) is 0. The van der Waals surface area contributed by atoms with Crippen molar-refractivity contribution in [3.63, 3.8) is 0 Å². The minimum absolute atomic E-state index is 1.06. The molecule has 0 aromatic carbocycles. The van der Waals surface area contributed by atoms with Gasteiger partial charge in [0.1, 0.15) is 0 Å². The molecule has 0 nitrogen and oxygen atoms in total. The van der Waals surface area contributed by atoms with Crippen LogP contribution in [0, 0.1) is 0 Å². The van der Waals surface area contributed by atoms with Crippen molar-refractivity contribution in [2.24, 2.45) is 0 Å². The van der Waals surface area contributed by atoms with Gasteiger partial charge >= 0.3 is 0 Å². The maximum Gasteiger partial charge on any atom is 0.00659 e. The largest absolute Gasteiger partial charge is 0.0925 e. The smallest absolute Gasteiger partial charge is 0.00659 e. The quantitative estimate of drug-likeness (QED) is 0.270. The van der Waals surface area contributed by atoms with E-state index in [-0.39, 0.29) is 0 Å². The van der Waals surface area contributed by atoms with Gasteiger partial charge in [0.2, 0.25) is 0 Å². The molecule has 0 N–H and O–H groups in total. The van der Waals surface area contributed by atoms with E-state index < -0.39 is 0 Å². The fourth-order valence-corrected chi connectivity index (χ4v) is 1.62. The number of hydrogen-bond donors (Lipinski definition) is 0. The molecule has 0 aromatic rings. The van der Waals surface area contributed by atoms with Crippen LogP contribution in [0.3, 0.4) is 0 Å². The van der Waals surface area contributed by atoms with E-state index >= 15 is 0 Å². The number of allylic oxidation sites excluding steroid dienone is 6. The van der Waals surface area contributed by atoms with Crippen LogP contribution in [0.4, 0.5) is 0 Å².